The maximum atomic E-state index is 12.0. The fourth-order valence-electron chi connectivity index (χ4n) is 2.01. The highest BCUT2D eigenvalue weighted by atomic mass is 32.2. The summed E-state index contributed by atoms with van der Waals surface area (Å²) in [5, 5.41) is 3.89. The number of nitrogens with zero attached hydrogens (tertiary/aromatic N) is 1. The predicted molar refractivity (Wildman–Crippen MR) is 82.7 cm³/mol. The van der Waals surface area contributed by atoms with Crippen molar-refractivity contribution < 1.29 is 4.79 Å². The highest BCUT2D eigenvalue weighted by molar-refractivity contribution is 7.99. The Morgan fingerprint density at radius 2 is 2.00 bits per heavy atom. The Bertz CT molecular complexity index is 572. The van der Waals surface area contributed by atoms with E-state index in [4.69, 9.17) is 0 Å². The topological polar surface area (TPSA) is 42.0 Å². The van der Waals surface area contributed by atoms with Gasteiger partial charge < -0.3 is 5.32 Å². The average Bonchev–Trinajstić information content (AvgIpc) is 2.46. The van der Waals surface area contributed by atoms with Crippen LogP contribution >= 0.6 is 11.8 Å². The van der Waals surface area contributed by atoms with Crippen LogP contribution in [0.3, 0.4) is 0 Å². The molecule has 0 bridgehead atoms. The maximum Gasteiger partial charge on any atom is 0.230 e. The summed E-state index contributed by atoms with van der Waals surface area (Å²) in [6, 6.07) is 13.8. The van der Waals surface area contributed by atoms with E-state index in [1.165, 1.54) is 17.3 Å². The van der Waals surface area contributed by atoms with Crippen LogP contribution in [0.2, 0.25) is 0 Å². The highest BCUT2D eigenvalue weighted by Crippen LogP contribution is 2.18. The summed E-state index contributed by atoms with van der Waals surface area (Å²) >= 11 is 1.45. The first-order valence-corrected chi connectivity index (χ1v) is 7.54. The van der Waals surface area contributed by atoms with Crippen LogP contribution in [0, 0.1) is 6.92 Å². The van der Waals surface area contributed by atoms with Gasteiger partial charge in [-0.3, -0.25) is 4.79 Å². The molecule has 0 aliphatic carbocycles. The minimum absolute atomic E-state index is 0.0213. The minimum Gasteiger partial charge on any atom is -0.349 e. The lowest BCUT2D eigenvalue weighted by Gasteiger charge is -2.16. The smallest absolute Gasteiger partial charge is 0.230 e. The number of aryl methyl sites for hydroxylation is 1. The summed E-state index contributed by atoms with van der Waals surface area (Å²) < 4.78 is 0. The Morgan fingerprint density at radius 3 is 2.70 bits per heavy atom. The Balaban J connectivity index is 1.87. The van der Waals surface area contributed by atoms with Gasteiger partial charge in [0.25, 0.3) is 0 Å². The number of thioether (sulfide) groups is 1. The third-order valence-electron chi connectivity index (χ3n) is 3.02. The average molecular weight is 286 g/mol. The van der Waals surface area contributed by atoms with Gasteiger partial charge in [-0.05, 0) is 37.1 Å². The van der Waals surface area contributed by atoms with Gasteiger partial charge in [-0.25, -0.2) is 4.98 Å². The molecule has 1 unspecified atom stereocenters. The molecule has 2 aromatic rings. The van der Waals surface area contributed by atoms with E-state index in [-0.39, 0.29) is 11.9 Å². The molecule has 0 aliphatic heterocycles. The molecule has 0 fully saturated rings. The number of nitrogens with one attached hydrogen (secondary N) is 1. The summed E-state index contributed by atoms with van der Waals surface area (Å²) in [5.41, 5.74) is 2.35. The third kappa shape index (κ3) is 4.10. The van der Waals surface area contributed by atoms with Crippen molar-refractivity contribution in [3.8, 4) is 0 Å². The Labute approximate surface area is 123 Å². The molecule has 1 aromatic carbocycles. The third-order valence-corrected chi connectivity index (χ3v) is 3.97. The molecule has 1 amide bonds. The van der Waals surface area contributed by atoms with Gasteiger partial charge in [0.2, 0.25) is 5.91 Å². The second-order valence-electron chi connectivity index (χ2n) is 4.60. The number of carbonyl (C=O) groups excluding carboxylic acids is 1. The molecule has 0 saturated carbocycles. The molecule has 1 heterocycles. The van der Waals surface area contributed by atoms with E-state index in [0.717, 1.165) is 10.6 Å². The van der Waals surface area contributed by atoms with Crippen molar-refractivity contribution in [2.45, 2.75) is 24.9 Å². The number of carbonyl (C=O) groups is 1. The van der Waals surface area contributed by atoms with E-state index in [2.05, 4.69) is 23.3 Å². The molecule has 3 nitrogen and oxygen atoms in total. The standard InChI is InChI=1S/C16H18N2OS/c1-12-7-3-4-8-14(12)13(2)18-15(19)11-20-16-9-5-6-10-17-16/h3-10,13H,11H2,1-2H3,(H,18,19). The second kappa shape index (κ2) is 7.10. The van der Waals surface area contributed by atoms with Crippen LogP contribution in [0.5, 0.6) is 0 Å². The molecule has 1 aromatic heterocycles. The maximum absolute atomic E-state index is 12.0. The first-order valence-electron chi connectivity index (χ1n) is 6.55. The van der Waals surface area contributed by atoms with Gasteiger partial charge >= 0.3 is 0 Å². The molecule has 0 spiro atoms. The van der Waals surface area contributed by atoms with Crippen molar-refractivity contribution >= 4 is 17.7 Å². The SMILES string of the molecule is Cc1ccccc1C(C)NC(=O)CSc1ccccn1. The van der Waals surface area contributed by atoms with Gasteiger partial charge in [0.1, 0.15) is 0 Å². The largest absolute Gasteiger partial charge is 0.349 e. The molecule has 104 valence electrons. The molecule has 2 rings (SSSR count). The monoisotopic (exact) mass is 286 g/mol. The molecule has 20 heavy (non-hydrogen) atoms. The van der Waals surface area contributed by atoms with E-state index in [0.29, 0.717) is 5.75 Å². The Morgan fingerprint density at radius 1 is 1.25 bits per heavy atom. The number of rotatable bonds is 5. The van der Waals surface area contributed by atoms with Gasteiger partial charge in [-0.2, -0.15) is 0 Å². The number of hydrogen-bond donors (Lipinski definition) is 1. The number of aromatic nitrogens is 1. The van der Waals surface area contributed by atoms with Crippen molar-refractivity contribution in [2.24, 2.45) is 0 Å². The van der Waals surface area contributed by atoms with Crippen LogP contribution in [0.1, 0.15) is 24.1 Å². The zero-order valence-corrected chi connectivity index (χ0v) is 12.5. The molecular formula is C16H18N2OS. The molecular weight excluding hydrogens is 268 g/mol. The number of amides is 1. The van der Waals surface area contributed by atoms with Crippen molar-refractivity contribution in [2.75, 3.05) is 5.75 Å². The van der Waals surface area contributed by atoms with Gasteiger partial charge in [0, 0.05) is 6.20 Å². The first-order chi connectivity index (χ1) is 9.66. The van der Waals surface area contributed by atoms with Crippen LogP contribution in [-0.4, -0.2) is 16.6 Å². The Kier molecular flexibility index (Phi) is 5.18. The first kappa shape index (κ1) is 14.6. The summed E-state index contributed by atoms with van der Waals surface area (Å²) in [6.45, 7) is 4.06. The van der Waals surface area contributed by atoms with Crippen LogP contribution in [0.4, 0.5) is 0 Å². The fraction of sp³-hybridized carbons (Fsp3) is 0.250. The van der Waals surface area contributed by atoms with E-state index >= 15 is 0 Å². The molecule has 0 saturated heterocycles. The second-order valence-corrected chi connectivity index (χ2v) is 5.60. The fourth-order valence-corrected chi connectivity index (χ4v) is 2.68. The van der Waals surface area contributed by atoms with Crippen molar-refractivity contribution in [1.29, 1.82) is 0 Å². The Hall–Kier alpha value is -1.81. The van der Waals surface area contributed by atoms with Crippen LogP contribution in [0.15, 0.2) is 53.7 Å². The van der Waals surface area contributed by atoms with Crippen molar-refractivity contribution in [3.05, 3.63) is 59.8 Å². The zero-order chi connectivity index (χ0) is 14.4. The van der Waals surface area contributed by atoms with Crippen LogP contribution in [-0.2, 0) is 4.79 Å². The van der Waals surface area contributed by atoms with Gasteiger partial charge in [-0.15, -0.1) is 0 Å². The zero-order valence-electron chi connectivity index (χ0n) is 11.7. The molecule has 1 atom stereocenters. The normalized spacial score (nSPS) is 11.9. The van der Waals surface area contributed by atoms with Crippen LogP contribution < -0.4 is 5.32 Å². The summed E-state index contributed by atoms with van der Waals surface area (Å²) in [4.78, 5) is 16.1. The predicted octanol–water partition coefficient (Wildman–Crippen LogP) is 3.36. The van der Waals surface area contributed by atoms with Gasteiger partial charge in [-0.1, -0.05) is 42.1 Å². The summed E-state index contributed by atoms with van der Waals surface area (Å²) in [6.07, 6.45) is 1.73. The summed E-state index contributed by atoms with van der Waals surface area (Å²) in [7, 11) is 0. The lowest BCUT2D eigenvalue weighted by molar-refractivity contribution is -0.119. The quantitative estimate of drug-likeness (QED) is 0.857. The van der Waals surface area contributed by atoms with Crippen molar-refractivity contribution in [3.63, 3.8) is 0 Å². The molecule has 0 aliphatic rings. The van der Waals surface area contributed by atoms with E-state index in [1.54, 1.807) is 6.20 Å². The van der Waals surface area contributed by atoms with Gasteiger partial charge in [0.05, 0.1) is 16.8 Å². The van der Waals surface area contributed by atoms with Crippen molar-refractivity contribution in [1.82, 2.24) is 10.3 Å². The lowest BCUT2D eigenvalue weighted by atomic mass is 10.0. The highest BCUT2D eigenvalue weighted by Gasteiger charge is 2.11. The lowest BCUT2D eigenvalue weighted by Crippen LogP contribution is -2.28. The minimum atomic E-state index is 0.0213. The molecule has 1 N–H and O–H groups in total. The van der Waals surface area contributed by atoms with E-state index in [1.807, 2.05) is 43.3 Å². The van der Waals surface area contributed by atoms with E-state index in [9.17, 15) is 4.79 Å². The molecule has 4 heteroatoms. The number of pyridine rings is 1. The van der Waals surface area contributed by atoms with E-state index < -0.39 is 0 Å². The molecule has 0 radical (unpaired) electrons. The number of hydrogen-bond acceptors (Lipinski definition) is 3. The van der Waals surface area contributed by atoms with Crippen LogP contribution in [0.25, 0.3) is 0 Å². The summed E-state index contributed by atoms with van der Waals surface area (Å²) in [5.74, 6) is 0.407. The van der Waals surface area contributed by atoms with Gasteiger partial charge in [0.15, 0.2) is 0 Å². The number of benzene rings is 1.